The lowest BCUT2D eigenvalue weighted by Crippen LogP contribution is -2.12. The molecule has 0 spiro atoms. The number of rotatable bonds is 4. The van der Waals surface area contributed by atoms with Crippen molar-refractivity contribution in [3.05, 3.63) is 0 Å². The van der Waals surface area contributed by atoms with Gasteiger partial charge in [-0.05, 0) is 6.42 Å². The molecule has 0 aromatic rings. The minimum atomic E-state index is -0.0894. The van der Waals surface area contributed by atoms with E-state index < -0.39 is 0 Å². The van der Waals surface area contributed by atoms with Crippen LogP contribution < -0.4 is 0 Å². The van der Waals surface area contributed by atoms with Gasteiger partial charge in [-0.15, -0.1) is 0 Å². The maximum absolute atomic E-state index is 10.8. The minimum Gasteiger partial charge on any atom is -0.469 e. The lowest BCUT2D eigenvalue weighted by Gasteiger charge is -2.06. The third kappa shape index (κ3) is 3.49. The molecule has 2 nitrogen and oxygen atoms in total. The first-order chi connectivity index (χ1) is 4.72. The van der Waals surface area contributed by atoms with Gasteiger partial charge in [0, 0.05) is 0 Å². The van der Waals surface area contributed by atoms with Crippen molar-refractivity contribution in [3.8, 4) is 0 Å². The van der Waals surface area contributed by atoms with E-state index in [-0.39, 0.29) is 11.9 Å². The third-order valence-corrected chi connectivity index (χ3v) is 1.59. The smallest absolute Gasteiger partial charge is 0.308 e. The van der Waals surface area contributed by atoms with Gasteiger partial charge in [0.1, 0.15) is 0 Å². The number of unbranched alkanes of at least 4 members (excludes halogenated alkanes) is 1. The molecule has 10 heavy (non-hydrogen) atoms. The summed E-state index contributed by atoms with van der Waals surface area (Å²) in [6.07, 6.45) is 3.20. The van der Waals surface area contributed by atoms with Crippen molar-refractivity contribution in [2.75, 3.05) is 7.11 Å². The molecule has 0 aliphatic carbocycles. The summed E-state index contributed by atoms with van der Waals surface area (Å²) in [5.41, 5.74) is 0. The second-order valence-corrected chi connectivity index (χ2v) is 2.57. The van der Waals surface area contributed by atoms with Crippen LogP contribution in [-0.4, -0.2) is 13.1 Å². The number of carbonyl (C=O) groups excluding carboxylic acids is 1. The van der Waals surface area contributed by atoms with Gasteiger partial charge in [0.15, 0.2) is 0 Å². The number of hydrogen-bond donors (Lipinski definition) is 0. The van der Waals surface area contributed by atoms with Crippen LogP contribution in [0.4, 0.5) is 0 Å². The number of ether oxygens (including phenoxy) is 1. The average molecular weight is 144 g/mol. The molecule has 0 bridgehead atoms. The molecule has 0 aromatic heterocycles. The van der Waals surface area contributed by atoms with Crippen LogP contribution in [0.5, 0.6) is 0 Å². The summed E-state index contributed by atoms with van der Waals surface area (Å²) < 4.78 is 4.57. The Morgan fingerprint density at radius 3 is 2.60 bits per heavy atom. The quantitative estimate of drug-likeness (QED) is 0.564. The fraction of sp³-hybridized carbons (Fsp3) is 0.875. The van der Waals surface area contributed by atoms with Gasteiger partial charge in [0.2, 0.25) is 0 Å². The Balaban J connectivity index is 3.41. The van der Waals surface area contributed by atoms with E-state index in [2.05, 4.69) is 11.7 Å². The molecule has 1 unspecified atom stereocenters. The lowest BCUT2D eigenvalue weighted by atomic mass is 10.1. The monoisotopic (exact) mass is 144 g/mol. The summed E-state index contributed by atoms with van der Waals surface area (Å²) in [5, 5.41) is 0. The Bertz CT molecular complexity index is 99.4. The molecular weight excluding hydrogens is 128 g/mol. The molecule has 0 N–H and O–H groups in total. The average Bonchev–Trinajstić information content (AvgIpc) is 1.98. The van der Waals surface area contributed by atoms with E-state index in [1.165, 1.54) is 7.11 Å². The van der Waals surface area contributed by atoms with Gasteiger partial charge < -0.3 is 4.74 Å². The normalized spacial score (nSPS) is 12.7. The summed E-state index contributed by atoms with van der Waals surface area (Å²) in [6.45, 7) is 4.02. The lowest BCUT2D eigenvalue weighted by molar-refractivity contribution is -0.145. The molecule has 0 heterocycles. The SMILES string of the molecule is CCCCC(C)C(=O)OC. The first kappa shape index (κ1) is 9.47. The first-order valence-corrected chi connectivity index (χ1v) is 3.80. The van der Waals surface area contributed by atoms with Crippen molar-refractivity contribution < 1.29 is 9.53 Å². The van der Waals surface area contributed by atoms with Gasteiger partial charge in [-0.2, -0.15) is 0 Å². The zero-order valence-corrected chi connectivity index (χ0v) is 7.02. The Morgan fingerprint density at radius 1 is 1.60 bits per heavy atom. The van der Waals surface area contributed by atoms with E-state index in [9.17, 15) is 4.79 Å². The van der Waals surface area contributed by atoms with Crippen molar-refractivity contribution in [1.29, 1.82) is 0 Å². The van der Waals surface area contributed by atoms with E-state index >= 15 is 0 Å². The van der Waals surface area contributed by atoms with Gasteiger partial charge in [0.25, 0.3) is 0 Å². The first-order valence-electron chi connectivity index (χ1n) is 3.80. The summed E-state index contributed by atoms with van der Waals surface area (Å²) in [4.78, 5) is 10.8. The summed E-state index contributed by atoms with van der Waals surface area (Å²) in [6, 6.07) is 0. The molecule has 60 valence electrons. The fourth-order valence-electron chi connectivity index (χ4n) is 0.829. The predicted octanol–water partition coefficient (Wildman–Crippen LogP) is 1.99. The van der Waals surface area contributed by atoms with E-state index in [4.69, 9.17) is 0 Å². The molecule has 0 saturated heterocycles. The Hall–Kier alpha value is -0.530. The molecule has 0 radical (unpaired) electrons. The van der Waals surface area contributed by atoms with E-state index in [0.717, 1.165) is 19.3 Å². The summed E-state index contributed by atoms with van der Waals surface area (Å²) in [7, 11) is 1.44. The van der Waals surface area contributed by atoms with Crippen LogP contribution in [0.15, 0.2) is 0 Å². The number of carbonyl (C=O) groups is 1. The number of hydrogen-bond acceptors (Lipinski definition) is 2. The molecule has 0 saturated carbocycles. The van der Waals surface area contributed by atoms with Crippen molar-refractivity contribution >= 4 is 5.97 Å². The van der Waals surface area contributed by atoms with Crippen LogP contribution in [0.25, 0.3) is 0 Å². The fourth-order valence-corrected chi connectivity index (χ4v) is 0.829. The molecule has 0 rings (SSSR count). The van der Waals surface area contributed by atoms with Gasteiger partial charge in [0.05, 0.1) is 13.0 Å². The highest BCUT2D eigenvalue weighted by Crippen LogP contribution is 2.08. The molecule has 0 aliphatic heterocycles. The van der Waals surface area contributed by atoms with Crippen molar-refractivity contribution in [1.82, 2.24) is 0 Å². The van der Waals surface area contributed by atoms with Gasteiger partial charge in [-0.3, -0.25) is 4.79 Å². The summed E-state index contributed by atoms with van der Waals surface area (Å²) in [5.74, 6) is -0.0154. The maximum Gasteiger partial charge on any atom is 0.308 e. The van der Waals surface area contributed by atoms with Crippen molar-refractivity contribution in [2.24, 2.45) is 5.92 Å². The second kappa shape index (κ2) is 5.27. The van der Waals surface area contributed by atoms with Crippen LogP contribution in [0.2, 0.25) is 0 Å². The van der Waals surface area contributed by atoms with Crippen LogP contribution >= 0.6 is 0 Å². The highest BCUT2D eigenvalue weighted by atomic mass is 16.5. The topological polar surface area (TPSA) is 26.3 Å². The molecule has 0 fully saturated rings. The van der Waals surface area contributed by atoms with Gasteiger partial charge >= 0.3 is 5.97 Å². The largest absolute Gasteiger partial charge is 0.469 e. The Morgan fingerprint density at radius 2 is 2.20 bits per heavy atom. The van der Waals surface area contributed by atoms with Crippen LogP contribution in [0.3, 0.4) is 0 Å². The summed E-state index contributed by atoms with van der Waals surface area (Å²) >= 11 is 0. The van der Waals surface area contributed by atoms with Gasteiger partial charge in [-0.1, -0.05) is 26.7 Å². The van der Waals surface area contributed by atoms with E-state index in [1.54, 1.807) is 0 Å². The zero-order chi connectivity index (χ0) is 7.98. The van der Waals surface area contributed by atoms with Crippen molar-refractivity contribution in [2.45, 2.75) is 33.1 Å². The highest BCUT2D eigenvalue weighted by molar-refractivity contribution is 5.71. The molecular formula is C8H16O2. The Kier molecular flexibility index (Phi) is 4.99. The van der Waals surface area contributed by atoms with E-state index in [0.29, 0.717) is 0 Å². The molecule has 0 aliphatic rings. The standard InChI is InChI=1S/C8H16O2/c1-4-5-6-7(2)8(9)10-3/h7H,4-6H2,1-3H3. The molecule has 0 aromatic carbocycles. The van der Waals surface area contributed by atoms with Crippen LogP contribution in [-0.2, 0) is 9.53 Å². The van der Waals surface area contributed by atoms with Crippen LogP contribution in [0.1, 0.15) is 33.1 Å². The highest BCUT2D eigenvalue weighted by Gasteiger charge is 2.10. The molecule has 2 heteroatoms. The number of esters is 1. The molecule has 0 amide bonds. The minimum absolute atomic E-state index is 0.0740. The molecule has 1 atom stereocenters. The van der Waals surface area contributed by atoms with Gasteiger partial charge in [-0.25, -0.2) is 0 Å². The van der Waals surface area contributed by atoms with Crippen molar-refractivity contribution in [3.63, 3.8) is 0 Å². The Labute approximate surface area is 62.6 Å². The zero-order valence-electron chi connectivity index (χ0n) is 7.02. The maximum atomic E-state index is 10.8. The third-order valence-electron chi connectivity index (χ3n) is 1.59. The predicted molar refractivity (Wildman–Crippen MR) is 40.7 cm³/mol. The van der Waals surface area contributed by atoms with E-state index in [1.807, 2.05) is 6.92 Å². The van der Waals surface area contributed by atoms with Crippen LogP contribution in [0, 0.1) is 5.92 Å². The number of methoxy groups -OCH3 is 1. The second-order valence-electron chi connectivity index (χ2n) is 2.57.